The van der Waals surface area contributed by atoms with Crippen LogP contribution >= 0.6 is 15.9 Å². The van der Waals surface area contributed by atoms with E-state index in [1.807, 2.05) is 0 Å². The lowest BCUT2D eigenvalue weighted by atomic mass is 10.1. The zero-order valence-corrected chi connectivity index (χ0v) is 9.45. The fourth-order valence-corrected chi connectivity index (χ4v) is 1.41. The third-order valence-electron chi connectivity index (χ3n) is 1.63. The number of carbonyl (C=O) groups is 1. The van der Waals surface area contributed by atoms with Crippen LogP contribution in [0.3, 0.4) is 0 Å². The molecular formula is C9H5BrF4O2. The summed E-state index contributed by atoms with van der Waals surface area (Å²) < 4.78 is 52.1. The largest absolute Gasteiger partial charge is 0.573 e. The van der Waals surface area contributed by atoms with Crippen molar-refractivity contribution in [3.8, 4) is 5.75 Å². The van der Waals surface area contributed by atoms with Gasteiger partial charge in [-0.15, -0.1) is 13.2 Å². The van der Waals surface area contributed by atoms with Gasteiger partial charge in [-0.2, -0.15) is 0 Å². The summed E-state index contributed by atoms with van der Waals surface area (Å²) in [4.78, 5) is 10.9. The number of ether oxygens (including phenoxy) is 1. The third kappa shape index (κ3) is 3.19. The van der Waals surface area contributed by atoms with Gasteiger partial charge in [-0.25, -0.2) is 4.39 Å². The highest BCUT2D eigenvalue weighted by molar-refractivity contribution is 9.10. The second-order valence-electron chi connectivity index (χ2n) is 2.87. The molecule has 7 heteroatoms. The molecule has 0 radical (unpaired) electrons. The van der Waals surface area contributed by atoms with Crippen molar-refractivity contribution in [3.05, 3.63) is 28.0 Å². The van der Waals surface area contributed by atoms with Crippen LogP contribution in [0.25, 0.3) is 0 Å². The van der Waals surface area contributed by atoms with Gasteiger partial charge in [0, 0.05) is 5.56 Å². The fraction of sp³-hybridized carbons (Fsp3) is 0.222. The molecule has 0 amide bonds. The van der Waals surface area contributed by atoms with Gasteiger partial charge in [0.2, 0.25) is 0 Å². The second-order valence-corrected chi connectivity index (χ2v) is 3.73. The molecule has 1 aromatic rings. The minimum atomic E-state index is -5.00. The van der Waals surface area contributed by atoms with Gasteiger partial charge in [-0.3, -0.25) is 4.79 Å². The van der Waals surface area contributed by atoms with Gasteiger partial charge in [0.15, 0.2) is 17.3 Å². The predicted octanol–water partition coefficient (Wildman–Crippen LogP) is 3.69. The van der Waals surface area contributed by atoms with Gasteiger partial charge >= 0.3 is 6.36 Å². The number of alkyl halides is 3. The van der Waals surface area contributed by atoms with Crippen molar-refractivity contribution < 1.29 is 27.1 Å². The van der Waals surface area contributed by atoms with E-state index in [0.717, 1.165) is 13.0 Å². The normalized spacial score (nSPS) is 11.4. The van der Waals surface area contributed by atoms with Crippen LogP contribution in [0.2, 0.25) is 0 Å². The molecule has 0 unspecified atom stereocenters. The molecule has 0 bridgehead atoms. The van der Waals surface area contributed by atoms with Crippen LogP contribution in [0, 0.1) is 5.82 Å². The second kappa shape index (κ2) is 4.40. The van der Waals surface area contributed by atoms with Gasteiger partial charge in [0.05, 0.1) is 4.47 Å². The van der Waals surface area contributed by atoms with E-state index in [4.69, 9.17) is 0 Å². The summed E-state index contributed by atoms with van der Waals surface area (Å²) in [7, 11) is 0. The van der Waals surface area contributed by atoms with E-state index in [2.05, 4.69) is 20.7 Å². The minimum Gasteiger partial charge on any atom is -0.403 e. The van der Waals surface area contributed by atoms with E-state index < -0.39 is 23.7 Å². The molecule has 0 aliphatic rings. The average Bonchev–Trinajstić information content (AvgIpc) is 2.10. The Morgan fingerprint density at radius 2 is 1.94 bits per heavy atom. The van der Waals surface area contributed by atoms with Crippen molar-refractivity contribution in [3.63, 3.8) is 0 Å². The number of Topliss-reactive ketones (excluding diaryl/α,β-unsaturated/α-hetero) is 1. The summed E-state index contributed by atoms with van der Waals surface area (Å²) in [6, 6.07) is 1.79. The van der Waals surface area contributed by atoms with E-state index in [-0.39, 0.29) is 10.0 Å². The minimum absolute atomic E-state index is 0.0764. The van der Waals surface area contributed by atoms with Crippen LogP contribution in [0.15, 0.2) is 16.6 Å². The van der Waals surface area contributed by atoms with Crippen molar-refractivity contribution in [1.82, 2.24) is 0 Å². The summed E-state index contributed by atoms with van der Waals surface area (Å²) in [6.07, 6.45) is -5.00. The molecule has 0 aromatic heterocycles. The highest BCUT2D eigenvalue weighted by Crippen LogP contribution is 2.31. The highest BCUT2D eigenvalue weighted by Gasteiger charge is 2.33. The Morgan fingerprint density at radius 1 is 1.38 bits per heavy atom. The molecule has 0 fully saturated rings. The maximum Gasteiger partial charge on any atom is 0.573 e. The van der Waals surface area contributed by atoms with E-state index in [1.54, 1.807) is 0 Å². The van der Waals surface area contributed by atoms with Crippen molar-refractivity contribution in [1.29, 1.82) is 0 Å². The smallest absolute Gasteiger partial charge is 0.403 e. The quantitative estimate of drug-likeness (QED) is 0.615. The zero-order valence-electron chi connectivity index (χ0n) is 7.86. The maximum atomic E-state index is 13.2. The topological polar surface area (TPSA) is 26.3 Å². The van der Waals surface area contributed by atoms with Crippen LogP contribution in [-0.2, 0) is 0 Å². The van der Waals surface area contributed by atoms with Crippen molar-refractivity contribution >= 4 is 21.7 Å². The number of ketones is 1. The molecule has 1 rings (SSSR count). The van der Waals surface area contributed by atoms with Crippen molar-refractivity contribution in [2.75, 3.05) is 0 Å². The lowest BCUT2D eigenvalue weighted by molar-refractivity contribution is -0.275. The molecule has 0 N–H and O–H groups in total. The summed E-state index contributed by atoms with van der Waals surface area (Å²) >= 11 is 2.70. The Bertz CT molecular complexity index is 428. The van der Waals surface area contributed by atoms with Gasteiger partial charge in [-0.05, 0) is 35.0 Å². The van der Waals surface area contributed by atoms with E-state index in [9.17, 15) is 22.4 Å². The molecule has 1 aromatic carbocycles. The fourth-order valence-electron chi connectivity index (χ4n) is 0.966. The number of carbonyl (C=O) groups excluding carboxylic acids is 1. The average molecular weight is 301 g/mol. The van der Waals surface area contributed by atoms with Gasteiger partial charge in [0.25, 0.3) is 0 Å². The SMILES string of the molecule is CC(=O)c1cc(Br)c(F)c(OC(F)(F)F)c1. The molecule has 0 aliphatic carbocycles. The lowest BCUT2D eigenvalue weighted by Gasteiger charge is -2.11. The Labute approximate surface area is 96.3 Å². The van der Waals surface area contributed by atoms with Crippen LogP contribution in [-0.4, -0.2) is 12.1 Å². The van der Waals surface area contributed by atoms with E-state index >= 15 is 0 Å². The summed E-state index contributed by atoms with van der Waals surface area (Å²) in [5, 5.41) is 0. The molecule has 0 atom stereocenters. The molecular weight excluding hydrogens is 296 g/mol. The van der Waals surface area contributed by atoms with Gasteiger partial charge in [-0.1, -0.05) is 0 Å². The first-order valence-electron chi connectivity index (χ1n) is 3.96. The molecule has 0 saturated carbocycles. The number of benzene rings is 1. The molecule has 16 heavy (non-hydrogen) atoms. The van der Waals surface area contributed by atoms with E-state index in [1.165, 1.54) is 0 Å². The maximum absolute atomic E-state index is 13.2. The Morgan fingerprint density at radius 3 is 2.38 bits per heavy atom. The van der Waals surface area contributed by atoms with Crippen LogP contribution in [0.1, 0.15) is 17.3 Å². The number of rotatable bonds is 2. The predicted molar refractivity (Wildman–Crippen MR) is 50.8 cm³/mol. The summed E-state index contributed by atoms with van der Waals surface area (Å²) in [6.45, 7) is 1.15. The first-order valence-corrected chi connectivity index (χ1v) is 4.75. The number of halogens is 5. The molecule has 0 spiro atoms. The standard InChI is InChI=1S/C9H5BrF4O2/c1-4(15)5-2-6(10)8(11)7(3-5)16-9(12,13)14/h2-3H,1H3. The molecule has 2 nitrogen and oxygen atoms in total. The van der Waals surface area contributed by atoms with Crippen LogP contribution in [0.5, 0.6) is 5.75 Å². The molecule has 0 heterocycles. The molecule has 0 saturated heterocycles. The third-order valence-corrected chi connectivity index (χ3v) is 2.20. The lowest BCUT2D eigenvalue weighted by Crippen LogP contribution is -2.18. The highest BCUT2D eigenvalue weighted by atomic mass is 79.9. The number of hydrogen-bond donors (Lipinski definition) is 0. The van der Waals surface area contributed by atoms with Gasteiger partial charge < -0.3 is 4.74 Å². The monoisotopic (exact) mass is 300 g/mol. The summed E-state index contributed by atoms with van der Waals surface area (Å²) in [5.74, 6) is -2.73. The Kier molecular flexibility index (Phi) is 3.57. The first kappa shape index (κ1) is 13.0. The van der Waals surface area contributed by atoms with Crippen molar-refractivity contribution in [2.24, 2.45) is 0 Å². The summed E-state index contributed by atoms with van der Waals surface area (Å²) in [5.41, 5.74) is -0.0764. The Hall–Kier alpha value is -1.11. The van der Waals surface area contributed by atoms with Crippen LogP contribution in [0.4, 0.5) is 17.6 Å². The molecule has 88 valence electrons. The number of hydrogen-bond acceptors (Lipinski definition) is 2. The first-order chi connectivity index (χ1) is 7.20. The zero-order chi connectivity index (χ0) is 12.5. The van der Waals surface area contributed by atoms with Gasteiger partial charge in [0.1, 0.15) is 0 Å². The Balaban J connectivity index is 3.22. The van der Waals surface area contributed by atoms with Crippen LogP contribution < -0.4 is 4.74 Å². The van der Waals surface area contributed by atoms with E-state index in [0.29, 0.717) is 6.07 Å². The van der Waals surface area contributed by atoms with Crippen molar-refractivity contribution in [2.45, 2.75) is 13.3 Å². The molecule has 0 aliphatic heterocycles.